The van der Waals surface area contributed by atoms with E-state index in [0.717, 1.165) is 40.2 Å². The molecular formula is C21H30N4O3S2. The number of methoxy groups -OCH3 is 1. The molecule has 30 heavy (non-hydrogen) atoms. The molecule has 3 rings (SSSR count). The molecule has 1 aliphatic rings. The SMILES string of the molecule is COC(=O)c1c(NC(=O)CSc2nnc(CCC3CCCCC3)n2C)sc(C)c1C. The van der Waals surface area contributed by atoms with Crippen LogP contribution >= 0.6 is 23.1 Å². The number of hydrogen-bond acceptors (Lipinski definition) is 7. The van der Waals surface area contributed by atoms with Crippen molar-refractivity contribution in [2.45, 2.75) is 63.9 Å². The molecule has 1 N–H and O–H groups in total. The maximum Gasteiger partial charge on any atom is 0.341 e. The number of aryl methyl sites for hydroxylation is 2. The molecule has 0 bridgehead atoms. The van der Waals surface area contributed by atoms with Gasteiger partial charge in [0, 0.05) is 18.3 Å². The first-order valence-electron chi connectivity index (χ1n) is 10.4. The Morgan fingerprint density at radius 2 is 1.97 bits per heavy atom. The van der Waals surface area contributed by atoms with E-state index in [9.17, 15) is 9.59 Å². The van der Waals surface area contributed by atoms with Crippen molar-refractivity contribution in [3.63, 3.8) is 0 Å². The molecule has 2 heterocycles. The van der Waals surface area contributed by atoms with E-state index in [1.807, 2.05) is 25.5 Å². The second kappa shape index (κ2) is 10.4. The van der Waals surface area contributed by atoms with Crippen LogP contribution < -0.4 is 5.32 Å². The van der Waals surface area contributed by atoms with E-state index in [2.05, 4.69) is 15.5 Å². The van der Waals surface area contributed by atoms with Gasteiger partial charge < -0.3 is 14.6 Å². The van der Waals surface area contributed by atoms with Crippen LogP contribution in [0.4, 0.5) is 5.00 Å². The van der Waals surface area contributed by atoms with E-state index >= 15 is 0 Å². The number of rotatable bonds is 8. The summed E-state index contributed by atoms with van der Waals surface area (Å²) in [5, 5.41) is 12.7. The fourth-order valence-electron chi connectivity index (χ4n) is 3.85. The third kappa shape index (κ3) is 5.43. The maximum absolute atomic E-state index is 12.5. The summed E-state index contributed by atoms with van der Waals surface area (Å²) in [7, 11) is 3.30. The van der Waals surface area contributed by atoms with Crippen LogP contribution in [0.15, 0.2) is 5.16 Å². The molecule has 1 amide bonds. The minimum absolute atomic E-state index is 0.182. The highest BCUT2D eigenvalue weighted by molar-refractivity contribution is 7.99. The number of thioether (sulfide) groups is 1. The summed E-state index contributed by atoms with van der Waals surface area (Å²) in [6, 6.07) is 0. The molecule has 7 nitrogen and oxygen atoms in total. The minimum atomic E-state index is -0.435. The zero-order chi connectivity index (χ0) is 21.7. The summed E-state index contributed by atoms with van der Waals surface area (Å²) in [5.74, 6) is 1.36. The molecule has 0 aliphatic heterocycles. The second-order valence-electron chi connectivity index (χ2n) is 7.82. The highest BCUT2D eigenvalue weighted by Gasteiger charge is 2.22. The van der Waals surface area contributed by atoms with E-state index in [4.69, 9.17) is 4.74 Å². The standard InChI is InChI=1S/C21H30N4O3S2/c1-13-14(2)30-19(18(13)20(27)28-4)22-17(26)12-29-21-24-23-16(25(21)3)11-10-15-8-6-5-7-9-15/h15H,5-12H2,1-4H3,(H,22,26). The average molecular weight is 451 g/mol. The number of carbonyl (C=O) groups excluding carboxylic acids is 2. The van der Waals surface area contributed by atoms with Gasteiger partial charge in [0.2, 0.25) is 5.91 Å². The molecule has 2 aromatic heterocycles. The summed E-state index contributed by atoms with van der Waals surface area (Å²) >= 11 is 2.74. The minimum Gasteiger partial charge on any atom is -0.465 e. The van der Waals surface area contributed by atoms with Gasteiger partial charge in [-0.2, -0.15) is 0 Å². The Morgan fingerprint density at radius 3 is 2.67 bits per heavy atom. The van der Waals surface area contributed by atoms with Crippen LogP contribution in [0.1, 0.15) is 65.1 Å². The van der Waals surface area contributed by atoms with E-state index < -0.39 is 5.97 Å². The predicted molar refractivity (Wildman–Crippen MR) is 120 cm³/mol. The monoisotopic (exact) mass is 450 g/mol. The number of nitrogens with zero attached hydrogens (tertiary/aromatic N) is 3. The number of carbonyl (C=O) groups is 2. The first-order chi connectivity index (χ1) is 14.4. The summed E-state index contributed by atoms with van der Waals surface area (Å²) < 4.78 is 6.84. The molecule has 0 aromatic carbocycles. The number of amides is 1. The summed E-state index contributed by atoms with van der Waals surface area (Å²) in [5.41, 5.74) is 1.27. The van der Waals surface area contributed by atoms with Crippen LogP contribution in [0, 0.1) is 19.8 Å². The third-order valence-corrected chi connectivity index (χ3v) is 7.93. The first kappa shape index (κ1) is 22.8. The van der Waals surface area contributed by atoms with Crippen molar-refractivity contribution in [2.75, 3.05) is 18.2 Å². The van der Waals surface area contributed by atoms with Gasteiger partial charge in [-0.3, -0.25) is 4.79 Å². The lowest BCUT2D eigenvalue weighted by Crippen LogP contribution is -2.16. The Kier molecular flexibility index (Phi) is 7.93. The van der Waals surface area contributed by atoms with E-state index in [-0.39, 0.29) is 11.7 Å². The van der Waals surface area contributed by atoms with Gasteiger partial charge in [0.05, 0.1) is 18.4 Å². The Bertz CT molecular complexity index is 900. The number of thiophene rings is 1. The van der Waals surface area contributed by atoms with Crippen LogP contribution in [0.25, 0.3) is 0 Å². The number of ether oxygens (including phenoxy) is 1. The van der Waals surface area contributed by atoms with Crippen molar-refractivity contribution in [3.05, 3.63) is 21.8 Å². The molecule has 0 radical (unpaired) electrons. The lowest BCUT2D eigenvalue weighted by Gasteiger charge is -2.20. The van der Waals surface area contributed by atoms with Gasteiger partial charge in [0.1, 0.15) is 10.8 Å². The van der Waals surface area contributed by atoms with Crippen LogP contribution in [0.2, 0.25) is 0 Å². The number of nitrogens with one attached hydrogen (secondary N) is 1. The van der Waals surface area contributed by atoms with Gasteiger partial charge in [0.15, 0.2) is 5.16 Å². The van der Waals surface area contributed by atoms with Crippen molar-refractivity contribution in [3.8, 4) is 0 Å². The predicted octanol–water partition coefficient (Wildman–Crippen LogP) is 4.52. The third-order valence-electron chi connectivity index (χ3n) is 5.79. The Morgan fingerprint density at radius 1 is 1.23 bits per heavy atom. The lowest BCUT2D eigenvalue weighted by atomic mass is 9.86. The largest absolute Gasteiger partial charge is 0.465 e. The van der Waals surface area contributed by atoms with E-state index in [0.29, 0.717) is 10.6 Å². The van der Waals surface area contributed by atoms with Crippen molar-refractivity contribution in [2.24, 2.45) is 13.0 Å². The molecule has 0 spiro atoms. The molecule has 1 fully saturated rings. The Hall–Kier alpha value is -1.87. The van der Waals surface area contributed by atoms with Gasteiger partial charge in [-0.25, -0.2) is 4.79 Å². The van der Waals surface area contributed by atoms with Crippen LogP contribution in [-0.4, -0.2) is 39.5 Å². The zero-order valence-electron chi connectivity index (χ0n) is 18.1. The van der Waals surface area contributed by atoms with Crippen molar-refractivity contribution < 1.29 is 14.3 Å². The van der Waals surface area contributed by atoms with Gasteiger partial charge in [0.25, 0.3) is 0 Å². The van der Waals surface area contributed by atoms with Crippen LogP contribution in [0.3, 0.4) is 0 Å². The smallest absolute Gasteiger partial charge is 0.341 e. The summed E-state index contributed by atoms with van der Waals surface area (Å²) in [4.78, 5) is 25.5. The average Bonchev–Trinajstić information content (AvgIpc) is 3.23. The summed E-state index contributed by atoms with van der Waals surface area (Å²) in [6.45, 7) is 3.78. The quantitative estimate of drug-likeness (QED) is 0.470. The summed E-state index contributed by atoms with van der Waals surface area (Å²) in [6.07, 6.45) is 8.81. The molecule has 1 aliphatic carbocycles. The van der Waals surface area contributed by atoms with Crippen molar-refractivity contribution >= 4 is 40.0 Å². The van der Waals surface area contributed by atoms with Gasteiger partial charge in [-0.1, -0.05) is 43.9 Å². The first-order valence-corrected chi connectivity index (χ1v) is 12.2. The highest BCUT2D eigenvalue weighted by atomic mass is 32.2. The topological polar surface area (TPSA) is 86.1 Å². The number of hydrogen-bond donors (Lipinski definition) is 1. The molecule has 0 saturated heterocycles. The van der Waals surface area contributed by atoms with Gasteiger partial charge >= 0.3 is 5.97 Å². The molecule has 9 heteroatoms. The fourth-order valence-corrected chi connectivity index (χ4v) is 5.65. The normalized spacial score (nSPS) is 14.7. The van der Waals surface area contributed by atoms with Gasteiger partial charge in [-0.05, 0) is 31.7 Å². The molecule has 2 aromatic rings. The highest BCUT2D eigenvalue weighted by Crippen LogP contribution is 2.33. The molecule has 0 atom stereocenters. The second-order valence-corrected chi connectivity index (χ2v) is 9.98. The number of esters is 1. The maximum atomic E-state index is 12.5. The van der Waals surface area contributed by atoms with E-state index in [1.165, 1.54) is 62.3 Å². The number of aromatic nitrogens is 3. The fraction of sp³-hybridized carbons (Fsp3) is 0.619. The van der Waals surface area contributed by atoms with Gasteiger partial charge in [-0.15, -0.1) is 21.5 Å². The van der Waals surface area contributed by atoms with E-state index in [1.54, 1.807) is 0 Å². The zero-order valence-corrected chi connectivity index (χ0v) is 19.8. The molecule has 1 saturated carbocycles. The van der Waals surface area contributed by atoms with Crippen molar-refractivity contribution in [1.82, 2.24) is 14.8 Å². The van der Waals surface area contributed by atoms with Crippen molar-refractivity contribution in [1.29, 1.82) is 0 Å². The lowest BCUT2D eigenvalue weighted by molar-refractivity contribution is -0.113. The van der Waals surface area contributed by atoms with Crippen LogP contribution in [-0.2, 0) is 23.0 Å². The number of anilines is 1. The Balaban J connectivity index is 1.55. The molecule has 164 valence electrons. The molecule has 0 unspecified atom stereocenters. The van der Waals surface area contributed by atoms with Crippen LogP contribution in [0.5, 0.6) is 0 Å². The molecular weight excluding hydrogens is 420 g/mol. The Labute approximate surface area is 186 Å².